The number of unbranched alkanes of at least 4 members (excludes halogenated alkanes) is 22. The van der Waals surface area contributed by atoms with E-state index >= 15 is 0 Å². The second-order valence-corrected chi connectivity index (χ2v) is 14.0. The lowest BCUT2D eigenvalue weighted by Gasteiger charge is -2.15. The van der Waals surface area contributed by atoms with Crippen molar-refractivity contribution < 1.29 is 17.5 Å². The van der Waals surface area contributed by atoms with Crippen molar-refractivity contribution in [1.29, 1.82) is 0 Å². The van der Waals surface area contributed by atoms with Crippen LogP contribution in [0.4, 0.5) is 0 Å². The summed E-state index contributed by atoms with van der Waals surface area (Å²) >= 11 is 0. The average molecular weight is 633 g/mol. The number of rotatable bonds is 26. The third-order valence-corrected chi connectivity index (χ3v) is 9.04. The molecule has 0 unspecified atom stereocenters. The van der Waals surface area contributed by atoms with Gasteiger partial charge in [-0.25, -0.2) is 0 Å². The van der Waals surface area contributed by atoms with Gasteiger partial charge in [-0.3, -0.25) is 9.11 Å². The molecule has 44 heavy (non-hydrogen) atoms. The average Bonchev–Trinajstić information content (AvgIpc) is 2.98. The third-order valence-electron chi connectivity index (χ3n) is 9.04. The van der Waals surface area contributed by atoms with Crippen LogP contribution in [-0.4, -0.2) is 17.5 Å². The second-order valence-electron chi connectivity index (χ2n) is 13.1. The number of benzene rings is 2. The van der Waals surface area contributed by atoms with Gasteiger partial charge in [0.05, 0.1) is 0 Å². The molecule has 5 heteroatoms. The maximum Gasteiger partial charge on any atom is 0.394 e. The van der Waals surface area contributed by atoms with Gasteiger partial charge in [-0.05, 0) is 60.1 Å². The van der Waals surface area contributed by atoms with E-state index in [0.29, 0.717) is 0 Å². The van der Waals surface area contributed by atoms with Gasteiger partial charge in [-0.1, -0.05) is 185 Å². The predicted octanol–water partition coefficient (Wildman–Crippen LogP) is 13.0. The molecule has 254 valence electrons. The van der Waals surface area contributed by atoms with Crippen molar-refractivity contribution in [1.82, 2.24) is 0 Å². The number of fused-ring (bicyclic) bond motifs is 1. The Balaban J connectivity index is 0.00000178. The first kappa shape index (κ1) is 40.6. The van der Waals surface area contributed by atoms with E-state index in [-0.39, 0.29) is 0 Å². The SMILES string of the molecule is CCCCCCCCCCCCCCc1cc(C)c(CCCCCCCCCCCCCC)c2ccccc12.O=S(=O)(O)O. The number of aryl methyl sites for hydroxylation is 3. The molecule has 0 heterocycles. The summed E-state index contributed by atoms with van der Waals surface area (Å²) in [5, 5.41) is 3.06. The summed E-state index contributed by atoms with van der Waals surface area (Å²) in [7, 11) is -4.67. The van der Waals surface area contributed by atoms with E-state index in [2.05, 4.69) is 51.1 Å². The van der Waals surface area contributed by atoms with Gasteiger partial charge in [0, 0.05) is 0 Å². The fourth-order valence-electron chi connectivity index (χ4n) is 6.50. The zero-order valence-electron chi connectivity index (χ0n) is 28.9. The first-order valence-electron chi connectivity index (χ1n) is 18.5. The summed E-state index contributed by atoms with van der Waals surface area (Å²) in [6, 6.07) is 11.8. The zero-order chi connectivity index (χ0) is 32.3. The Morgan fingerprint density at radius 2 is 0.818 bits per heavy atom. The quantitative estimate of drug-likeness (QED) is 0.0799. The van der Waals surface area contributed by atoms with E-state index in [9.17, 15) is 0 Å². The van der Waals surface area contributed by atoms with Gasteiger partial charge in [0.25, 0.3) is 0 Å². The summed E-state index contributed by atoms with van der Waals surface area (Å²) in [6.45, 7) is 6.98. The van der Waals surface area contributed by atoms with Crippen LogP contribution >= 0.6 is 0 Å². The van der Waals surface area contributed by atoms with Gasteiger partial charge in [-0.2, -0.15) is 8.42 Å². The van der Waals surface area contributed by atoms with E-state index in [1.807, 2.05) is 0 Å². The molecule has 0 spiro atoms. The standard InChI is InChI=1S/C39H66.H2O4S/c1-4-6-8-10-12-14-16-18-20-22-24-26-30-36-34-35(3)37(39-33-29-28-32-38(36)39)31-27-25-23-21-19-17-15-13-11-9-7-5-2;1-5(2,3)4/h28-29,32-34H,4-27,30-31H2,1-3H3;(H2,1,2,3,4). The molecule has 2 aromatic carbocycles. The Morgan fingerprint density at radius 1 is 0.500 bits per heavy atom. The van der Waals surface area contributed by atoms with Crippen molar-refractivity contribution >= 4 is 21.2 Å². The second kappa shape index (κ2) is 26.8. The van der Waals surface area contributed by atoms with Crippen LogP contribution in [0.15, 0.2) is 30.3 Å². The highest BCUT2D eigenvalue weighted by Gasteiger charge is 2.10. The first-order chi connectivity index (χ1) is 21.3. The Bertz CT molecular complexity index is 1060. The van der Waals surface area contributed by atoms with E-state index in [0.717, 1.165) is 0 Å². The van der Waals surface area contributed by atoms with Crippen LogP contribution in [-0.2, 0) is 23.2 Å². The minimum atomic E-state index is -4.67. The van der Waals surface area contributed by atoms with Crippen LogP contribution in [0.25, 0.3) is 10.8 Å². The monoisotopic (exact) mass is 632 g/mol. The fraction of sp³-hybridized carbons (Fsp3) is 0.744. The summed E-state index contributed by atoms with van der Waals surface area (Å²) in [5.74, 6) is 0. The van der Waals surface area contributed by atoms with Crippen LogP contribution in [0, 0.1) is 6.92 Å². The summed E-state index contributed by atoms with van der Waals surface area (Å²) in [5.41, 5.74) is 4.75. The van der Waals surface area contributed by atoms with Crippen LogP contribution < -0.4 is 0 Å². The Kier molecular flexibility index (Phi) is 24.7. The Morgan fingerprint density at radius 3 is 1.20 bits per heavy atom. The highest BCUT2D eigenvalue weighted by Crippen LogP contribution is 2.29. The van der Waals surface area contributed by atoms with E-state index in [1.165, 1.54) is 183 Å². The van der Waals surface area contributed by atoms with Crippen molar-refractivity contribution in [3.8, 4) is 0 Å². The van der Waals surface area contributed by atoms with Gasteiger partial charge in [0.2, 0.25) is 0 Å². The molecule has 0 aliphatic heterocycles. The van der Waals surface area contributed by atoms with E-state index in [4.69, 9.17) is 17.5 Å². The molecule has 0 aliphatic rings. The highest BCUT2D eigenvalue weighted by atomic mass is 32.3. The van der Waals surface area contributed by atoms with Gasteiger partial charge in [-0.15, -0.1) is 0 Å². The molecule has 2 rings (SSSR count). The van der Waals surface area contributed by atoms with Crippen molar-refractivity contribution in [2.24, 2.45) is 0 Å². The summed E-state index contributed by atoms with van der Waals surface area (Å²) in [6.07, 6.45) is 36.7. The summed E-state index contributed by atoms with van der Waals surface area (Å²) in [4.78, 5) is 0. The van der Waals surface area contributed by atoms with Gasteiger partial charge in [0.15, 0.2) is 0 Å². The van der Waals surface area contributed by atoms with Crippen molar-refractivity contribution in [3.05, 3.63) is 47.0 Å². The molecule has 0 bridgehead atoms. The molecule has 0 radical (unpaired) electrons. The molecular weight excluding hydrogens is 564 g/mol. The van der Waals surface area contributed by atoms with Crippen LogP contribution in [0.1, 0.15) is 185 Å². The molecule has 0 amide bonds. The molecule has 2 N–H and O–H groups in total. The van der Waals surface area contributed by atoms with Crippen molar-refractivity contribution in [2.75, 3.05) is 0 Å². The van der Waals surface area contributed by atoms with Crippen LogP contribution in [0.3, 0.4) is 0 Å². The number of hydrogen-bond acceptors (Lipinski definition) is 2. The van der Waals surface area contributed by atoms with Crippen molar-refractivity contribution in [3.63, 3.8) is 0 Å². The molecule has 0 aliphatic carbocycles. The molecule has 0 aromatic heterocycles. The molecule has 4 nitrogen and oxygen atoms in total. The molecule has 0 saturated heterocycles. The Labute approximate surface area is 272 Å². The van der Waals surface area contributed by atoms with Crippen LogP contribution in [0.2, 0.25) is 0 Å². The topological polar surface area (TPSA) is 74.6 Å². The largest absolute Gasteiger partial charge is 0.394 e. The minimum Gasteiger partial charge on any atom is -0.264 e. The molecule has 2 aromatic rings. The number of hydrogen-bond donors (Lipinski definition) is 2. The predicted molar refractivity (Wildman–Crippen MR) is 192 cm³/mol. The van der Waals surface area contributed by atoms with Crippen LogP contribution in [0.5, 0.6) is 0 Å². The normalized spacial score (nSPS) is 11.6. The maximum absolute atomic E-state index is 8.74. The lowest BCUT2D eigenvalue weighted by Crippen LogP contribution is -1.97. The maximum atomic E-state index is 8.74. The minimum absolute atomic E-state index is 1.25. The van der Waals surface area contributed by atoms with E-state index in [1.54, 1.807) is 11.1 Å². The fourth-order valence-corrected chi connectivity index (χ4v) is 6.50. The lowest BCUT2D eigenvalue weighted by molar-refractivity contribution is 0.381. The molecule has 0 saturated carbocycles. The Hall–Kier alpha value is -1.43. The molecule has 0 atom stereocenters. The van der Waals surface area contributed by atoms with Crippen molar-refractivity contribution in [2.45, 2.75) is 188 Å². The smallest absolute Gasteiger partial charge is 0.264 e. The first-order valence-corrected chi connectivity index (χ1v) is 19.9. The highest BCUT2D eigenvalue weighted by molar-refractivity contribution is 7.79. The van der Waals surface area contributed by atoms with E-state index < -0.39 is 10.4 Å². The zero-order valence-corrected chi connectivity index (χ0v) is 29.7. The van der Waals surface area contributed by atoms with Gasteiger partial charge < -0.3 is 0 Å². The molecular formula is C39H68O4S. The van der Waals surface area contributed by atoms with Gasteiger partial charge >= 0.3 is 10.4 Å². The lowest BCUT2D eigenvalue weighted by atomic mass is 9.90. The third kappa shape index (κ3) is 22.1. The molecule has 0 fully saturated rings. The van der Waals surface area contributed by atoms with Gasteiger partial charge in [0.1, 0.15) is 0 Å². The summed E-state index contributed by atoms with van der Waals surface area (Å²) < 4.78 is 31.6.